The van der Waals surface area contributed by atoms with Crippen molar-refractivity contribution in [1.82, 2.24) is 0 Å². The van der Waals surface area contributed by atoms with Gasteiger partial charge in [0.1, 0.15) is 0 Å². The maximum Gasteiger partial charge on any atom is 0.268 e. The number of rotatable bonds is 2. The van der Waals surface area contributed by atoms with E-state index in [-0.39, 0.29) is 5.92 Å². The molecule has 4 heteroatoms. The molecule has 0 radical (unpaired) electrons. The molecule has 0 amide bonds. The summed E-state index contributed by atoms with van der Waals surface area (Å²) in [6.07, 6.45) is 7.84. The molecule has 0 heterocycles. The molecule has 106 valence electrons. The lowest BCUT2D eigenvalue weighted by Gasteiger charge is -2.39. The molecule has 3 nitrogen and oxygen atoms in total. The van der Waals surface area contributed by atoms with Gasteiger partial charge in [-0.15, -0.1) is 0 Å². The quantitative estimate of drug-likeness (QED) is 0.784. The van der Waals surface area contributed by atoms with E-state index in [1.165, 1.54) is 25.7 Å². The van der Waals surface area contributed by atoms with Crippen molar-refractivity contribution in [2.75, 3.05) is 0 Å². The second-order valence-corrected chi connectivity index (χ2v) is 8.26. The maximum atomic E-state index is 11.4. The Hall–Kier alpha value is -0.0900. The maximum absolute atomic E-state index is 11.4. The molecule has 3 atom stereocenters. The molecule has 1 N–H and O–H groups in total. The fourth-order valence-electron chi connectivity index (χ4n) is 3.91. The zero-order valence-electron chi connectivity index (χ0n) is 11.5. The summed E-state index contributed by atoms with van der Waals surface area (Å²) < 4.78 is 32.2. The van der Waals surface area contributed by atoms with Gasteiger partial charge < -0.3 is 0 Å². The highest BCUT2D eigenvalue weighted by Crippen LogP contribution is 2.42. The van der Waals surface area contributed by atoms with Gasteiger partial charge in [0.05, 0.1) is 5.25 Å². The van der Waals surface area contributed by atoms with Gasteiger partial charge in [-0.05, 0) is 55.8 Å². The van der Waals surface area contributed by atoms with Crippen LogP contribution in [0.1, 0.15) is 58.8 Å². The van der Waals surface area contributed by atoms with Crippen LogP contribution in [0.25, 0.3) is 0 Å². The van der Waals surface area contributed by atoms with Crippen molar-refractivity contribution in [3.63, 3.8) is 0 Å². The first-order valence-corrected chi connectivity index (χ1v) is 8.84. The van der Waals surface area contributed by atoms with Gasteiger partial charge in [-0.25, -0.2) is 0 Å². The molecule has 2 fully saturated rings. The van der Waals surface area contributed by atoms with Crippen LogP contribution < -0.4 is 0 Å². The second kappa shape index (κ2) is 5.49. The van der Waals surface area contributed by atoms with Gasteiger partial charge in [0, 0.05) is 0 Å². The van der Waals surface area contributed by atoms with E-state index in [0.29, 0.717) is 18.3 Å². The summed E-state index contributed by atoms with van der Waals surface area (Å²) in [5.41, 5.74) is 0. The van der Waals surface area contributed by atoms with Crippen molar-refractivity contribution in [2.45, 2.75) is 64.0 Å². The molecule has 2 aliphatic carbocycles. The molecule has 0 saturated heterocycles. The highest BCUT2D eigenvalue weighted by Gasteiger charge is 2.39. The third-order valence-electron chi connectivity index (χ3n) is 5.27. The molecular formula is C14H26O3S. The predicted molar refractivity (Wildman–Crippen MR) is 73.0 cm³/mol. The van der Waals surface area contributed by atoms with Crippen molar-refractivity contribution in [1.29, 1.82) is 0 Å². The number of hydrogen-bond acceptors (Lipinski definition) is 2. The minimum absolute atomic E-state index is 0.110. The molecule has 0 aromatic heterocycles. The minimum Gasteiger partial charge on any atom is -0.285 e. The normalized spacial score (nSPS) is 42.7. The summed E-state index contributed by atoms with van der Waals surface area (Å²) in [6, 6.07) is 0. The van der Waals surface area contributed by atoms with Crippen molar-refractivity contribution in [3.8, 4) is 0 Å². The Kier molecular flexibility index (Phi) is 4.37. The Morgan fingerprint density at radius 3 is 2.00 bits per heavy atom. The Bertz CT molecular complexity index is 369. The first-order chi connectivity index (χ1) is 8.38. The van der Waals surface area contributed by atoms with E-state index in [1.807, 2.05) is 6.92 Å². The summed E-state index contributed by atoms with van der Waals surface area (Å²) in [5.74, 6) is 2.15. The van der Waals surface area contributed by atoms with Crippen molar-refractivity contribution < 1.29 is 13.0 Å². The fourth-order valence-corrected chi connectivity index (χ4v) is 5.13. The van der Waals surface area contributed by atoms with Gasteiger partial charge >= 0.3 is 0 Å². The van der Waals surface area contributed by atoms with Crippen LogP contribution in [-0.4, -0.2) is 18.2 Å². The summed E-state index contributed by atoms with van der Waals surface area (Å²) in [4.78, 5) is 0. The average molecular weight is 274 g/mol. The largest absolute Gasteiger partial charge is 0.285 e. The zero-order chi connectivity index (χ0) is 13.3. The number of hydrogen-bond donors (Lipinski definition) is 1. The van der Waals surface area contributed by atoms with Crippen LogP contribution in [0, 0.1) is 23.7 Å². The molecule has 0 spiro atoms. The van der Waals surface area contributed by atoms with Gasteiger partial charge in [0.25, 0.3) is 10.1 Å². The van der Waals surface area contributed by atoms with Crippen LogP contribution in [0.3, 0.4) is 0 Å². The van der Waals surface area contributed by atoms with E-state index < -0.39 is 15.4 Å². The van der Waals surface area contributed by atoms with Crippen molar-refractivity contribution in [2.24, 2.45) is 23.7 Å². The standard InChI is InChI=1S/C14H26O3S/c1-10-3-6-12(7-4-10)13-8-5-11(2)14(9-13)18(15,16)17/h10-14H,3-9H2,1-2H3,(H,15,16,17). The Morgan fingerprint density at radius 2 is 1.44 bits per heavy atom. The molecule has 0 aliphatic heterocycles. The Balaban J connectivity index is 1.99. The highest BCUT2D eigenvalue weighted by molar-refractivity contribution is 7.86. The highest BCUT2D eigenvalue weighted by atomic mass is 32.2. The molecule has 0 bridgehead atoms. The van der Waals surface area contributed by atoms with E-state index >= 15 is 0 Å². The monoisotopic (exact) mass is 274 g/mol. The fraction of sp³-hybridized carbons (Fsp3) is 1.00. The lowest BCUT2D eigenvalue weighted by molar-refractivity contribution is 0.154. The van der Waals surface area contributed by atoms with Gasteiger partial charge in [-0.3, -0.25) is 4.55 Å². The minimum atomic E-state index is -3.86. The van der Waals surface area contributed by atoms with E-state index in [4.69, 9.17) is 0 Å². The van der Waals surface area contributed by atoms with Gasteiger partial charge in [-0.1, -0.05) is 26.7 Å². The van der Waals surface area contributed by atoms with Crippen LogP contribution >= 0.6 is 0 Å². The zero-order valence-corrected chi connectivity index (χ0v) is 12.3. The summed E-state index contributed by atoms with van der Waals surface area (Å²) >= 11 is 0. The first kappa shape index (κ1) is 14.3. The third-order valence-corrected chi connectivity index (χ3v) is 6.69. The average Bonchev–Trinajstić information content (AvgIpc) is 2.29. The van der Waals surface area contributed by atoms with E-state index in [9.17, 15) is 13.0 Å². The lowest BCUT2D eigenvalue weighted by atomic mass is 9.69. The molecular weight excluding hydrogens is 248 g/mol. The molecule has 18 heavy (non-hydrogen) atoms. The van der Waals surface area contributed by atoms with Gasteiger partial charge in [-0.2, -0.15) is 8.42 Å². The van der Waals surface area contributed by atoms with Crippen LogP contribution in [0.4, 0.5) is 0 Å². The van der Waals surface area contributed by atoms with Gasteiger partial charge in [0.15, 0.2) is 0 Å². The lowest BCUT2D eigenvalue weighted by Crippen LogP contribution is -2.37. The van der Waals surface area contributed by atoms with E-state index in [0.717, 1.165) is 18.8 Å². The van der Waals surface area contributed by atoms with Crippen LogP contribution in [0.15, 0.2) is 0 Å². The summed E-state index contributed by atoms with van der Waals surface area (Å²) in [7, 11) is -3.86. The molecule has 2 rings (SSSR count). The van der Waals surface area contributed by atoms with Crippen LogP contribution in [0.5, 0.6) is 0 Å². The van der Waals surface area contributed by atoms with Crippen LogP contribution in [0.2, 0.25) is 0 Å². The summed E-state index contributed by atoms with van der Waals surface area (Å²) in [5, 5.41) is -0.518. The molecule has 2 aliphatic rings. The third kappa shape index (κ3) is 3.27. The molecule has 3 unspecified atom stereocenters. The van der Waals surface area contributed by atoms with Crippen molar-refractivity contribution >= 4 is 10.1 Å². The Labute approximate surface area is 111 Å². The summed E-state index contributed by atoms with van der Waals surface area (Å²) in [6.45, 7) is 4.26. The predicted octanol–water partition coefficient (Wildman–Crippen LogP) is 3.51. The van der Waals surface area contributed by atoms with E-state index in [1.54, 1.807) is 0 Å². The molecule has 0 aromatic rings. The van der Waals surface area contributed by atoms with Gasteiger partial charge in [0.2, 0.25) is 0 Å². The Morgan fingerprint density at radius 1 is 0.889 bits per heavy atom. The van der Waals surface area contributed by atoms with E-state index in [2.05, 4.69) is 6.92 Å². The molecule has 2 saturated carbocycles. The SMILES string of the molecule is CC1CCC(C2CCC(C)C(S(=O)(=O)O)C2)CC1. The smallest absolute Gasteiger partial charge is 0.268 e. The van der Waals surface area contributed by atoms with Crippen molar-refractivity contribution in [3.05, 3.63) is 0 Å². The van der Waals surface area contributed by atoms with Crippen LogP contribution in [-0.2, 0) is 10.1 Å². The first-order valence-electron chi connectivity index (χ1n) is 7.34. The molecule has 0 aromatic carbocycles. The second-order valence-electron chi connectivity index (χ2n) is 6.62. The topological polar surface area (TPSA) is 54.4 Å².